The number of hydrogen-bond donors (Lipinski definition) is 1. The first-order valence-electron chi connectivity index (χ1n) is 9.31. The molecule has 3 rings (SSSR count). The lowest BCUT2D eigenvalue weighted by molar-refractivity contribution is -0.118. The van der Waals surface area contributed by atoms with Crippen LogP contribution in [0.25, 0.3) is 0 Å². The topological polar surface area (TPSA) is 64.1 Å². The fourth-order valence-corrected chi connectivity index (χ4v) is 3.72. The van der Waals surface area contributed by atoms with E-state index in [0.717, 1.165) is 27.4 Å². The third-order valence-electron chi connectivity index (χ3n) is 4.28. The summed E-state index contributed by atoms with van der Waals surface area (Å²) in [5.74, 6) is 0.457. The number of anilines is 1. The van der Waals surface area contributed by atoms with E-state index in [9.17, 15) is 4.79 Å². The minimum atomic E-state index is -0.264. The molecule has 0 aliphatic carbocycles. The molecule has 0 spiro atoms. The predicted molar refractivity (Wildman–Crippen MR) is 118 cm³/mol. The molecule has 0 saturated carbocycles. The molecule has 0 unspecified atom stereocenters. The van der Waals surface area contributed by atoms with Gasteiger partial charge in [0.25, 0.3) is 5.91 Å². The SMILES string of the molecule is Cc1ccc(OCC(=O)Nc2nnc(Cc3ccc(Cl)cc3)s2)c(C(C)(C)C)c1. The summed E-state index contributed by atoms with van der Waals surface area (Å²) in [6, 6.07) is 13.6. The van der Waals surface area contributed by atoms with Crippen LogP contribution in [0.3, 0.4) is 0 Å². The maximum Gasteiger partial charge on any atom is 0.264 e. The van der Waals surface area contributed by atoms with Gasteiger partial charge in [0.15, 0.2) is 6.61 Å². The molecule has 1 amide bonds. The molecule has 3 aromatic rings. The Morgan fingerprint density at radius 1 is 1.14 bits per heavy atom. The van der Waals surface area contributed by atoms with E-state index in [2.05, 4.69) is 42.4 Å². The molecule has 0 bridgehead atoms. The molecule has 5 nitrogen and oxygen atoms in total. The van der Waals surface area contributed by atoms with Gasteiger partial charge in [-0.1, -0.05) is 73.5 Å². The van der Waals surface area contributed by atoms with E-state index in [-0.39, 0.29) is 17.9 Å². The van der Waals surface area contributed by atoms with Crippen molar-refractivity contribution in [2.24, 2.45) is 0 Å². The van der Waals surface area contributed by atoms with Gasteiger partial charge in [0, 0.05) is 11.4 Å². The van der Waals surface area contributed by atoms with Crippen LogP contribution in [0.1, 0.15) is 42.5 Å². The van der Waals surface area contributed by atoms with Crippen LogP contribution in [0.2, 0.25) is 5.02 Å². The molecule has 152 valence electrons. The zero-order valence-corrected chi connectivity index (χ0v) is 18.5. The van der Waals surface area contributed by atoms with Crippen LogP contribution < -0.4 is 10.1 Å². The monoisotopic (exact) mass is 429 g/mol. The second-order valence-electron chi connectivity index (χ2n) is 7.89. The Hall–Kier alpha value is -2.44. The molecule has 0 fully saturated rings. The zero-order valence-electron chi connectivity index (χ0n) is 17.0. The highest BCUT2D eigenvalue weighted by Gasteiger charge is 2.20. The Kier molecular flexibility index (Phi) is 6.55. The van der Waals surface area contributed by atoms with Gasteiger partial charge in [0.1, 0.15) is 10.8 Å². The largest absolute Gasteiger partial charge is 0.483 e. The summed E-state index contributed by atoms with van der Waals surface area (Å²) in [6.07, 6.45) is 0.638. The highest BCUT2D eigenvalue weighted by Crippen LogP contribution is 2.32. The molecule has 29 heavy (non-hydrogen) atoms. The number of nitrogens with zero attached hydrogens (tertiary/aromatic N) is 2. The van der Waals surface area contributed by atoms with Gasteiger partial charge in [0.2, 0.25) is 5.13 Å². The minimum absolute atomic E-state index is 0.0758. The number of nitrogens with one attached hydrogen (secondary N) is 1. The molecule has 0 atom stereocenters. The number of amides is 1. The van der Waals surface area contributed by atoms with Crippen molar-refractivity contribution in [2.45, 2.75) is 39.5 Å². The van der Waals surface area contributed by atoms with Crippen molar-refractivity contribution >= 4 is 34.0 Å². The number of carbonyl (C=O) groups excluding carboxylic acids is 1. The van der Waals surface area contributed by atoms with Crippen molar-refractivity contribution in [3.8, 4) is 5.75 Å². The van der Waals surface area contributed by atoms with Gasteiger partial charge in [-0.15, -0.1) is 10.2 Å². The number of carbonyl (C=O) groups is 1. The summed E-state index contributed by atoms with van der Waals surface area (Å²) in [6.45, 7) is 8.33. The number of aromatic nitrogens is 2. The molecule has 1 aromatic heterocycles. The van der Waals surface area contributed by atoms with Crippen LogP contribution in [0.4, 0.5) is 5.13 Å². The maximum atomic E-state index is 12.3. The number of ether oxygens (including phenoxy) is 1. The molecule has 1 N–H and O–H groups in total. The van der Waals surface area contributed by atoms with Crippen LogP contribution in [0.15, 0.2) is 42.5 Å². The zero-order chi connectivity index (χ0) is 21.0. The first kappa shape index (κ1) is 21.3. The van der Waals surface area contributed by atoms with Gasteiger partial charge in [-0.3, -0.25) is 10.1 Å². The van der Waals surface area contributed by atoms with Gasteiger partial charge in [0.05, 0.1) is 0 Å². The average molecular weight is 430 g/mol. The molecule has 0 aliphatic heterocycles. The summed E-state index contributed by atoms with van der Waals surface area (Å²) in [7, 11) is 0. The van der Waals surface area contributed by atoms with Crippen LogP contribution in [-0.2, 0) is 16.6 Å². The highest BCUT2D eigenvalue weighted by molar-refractivity contribution is 7.15. The Morgan fingerprint density at radius 3 is 2.55 bits per heavy atom. The first-order valence-corrected chi connectivity index (χ1v) is 10.5. The van der Waals surface area contributed by atoms with Crippen molar-refractivity contribution in [3.05, 3.63) is 69.2 Å². The summed E-state index contributed by atoms with van der Waals surface area (Å²) in [5, 5.41) is 12.9. The molecule has 0 saturated heterocycles. The summed E-state index contributed by atoms with van der Waals surface area (Å²) in [4.78, 5) is 12.3. The fourth-order valence-electron chi connectivity index (χ4n) is 2.81. The maximum absolute atomic E-state index is 12.3. The van der Waals surface area contributed by atoms with E-state index < -0.39 is 0 Å². The lowest BCUT2D eigenvalue weighted by atomic mass is 9.85. The smallest absolute Gasteiger partial charge is 0.264 e. The van der Waals surface area contributed by atoms with Gasteiger partial charge in [-0.25, -0.2) is 0 Å². The highest BCUT2D eigenvalue weighted by atomic mass is 35.5. The Morgan fingerprint density at radius 2 is 1.86 bits per heavy atom. The third kappa shape index (κ3) is 6.02. The molecule has 7 heteroatoms. The van der Waals surface area contributed by atoms with Crippen LogP contribution in [0, 0.1) is 6.92 Å². The summed E-state index contributed by atoms with van der Waals surface area (Å²) < 4.78 is 5.80. The van der Waals surface area contributed by atoms with E-state index in [1.807, 2.05) is 43.3 Å². The average Bonchev–Trinajstić information content (AvgIpc) is 3.08. The molecular weight excluding hydrogens is 406 g/mol. The molecular formula is C22H24ClN3O2S. The van der Waals surface area contributed by atoms with Gasteiger partial charge in [-0.2, -0.15) is 0 Å². The second-order valence-corrected chi connectivity index (χ2v) is 9.39. The quantitative estimate of drug-likeness (QED) is 0.569. The van der Waals surface area contributed by atoms with Crippen molar-refractivity contribution in [1.29, 1.82) is 0 Å². The predicted octanol–water partition coefficient (Wildman–Crippen LogP) is 5.41. The van der Waals surface area contributed by atoms with Gasteiger partial charge in [-0.05, 0) is 41.7 Å². The Bertz CT molecular complexity index is 994. The number of rotatable bonds is 6. The number of aryl methyl sites for hydroxylation is 1. The fraction of sp³-hybridized carbons (Fsp3) is 0.318. The van der Waals surface area contributed by atoms with Crippen LogP contribution in [-0.4, -0.2) is 22.7 Å². The molecule has 1 heterocycles. The van der Waals surface area contributed by atoms with Crippen molar-refractivity contribution < 1.29 is 9.53 Å². The van der Waals surface area contributed by atoms with Crippen LogP contribution in [0.5, 0.6) is 5.75 Å². The number of hydrogen-bond acceptors (Lipinski definition) is 5. The van der Waals surface area contributed by atoms with Crippen molar-refractivity contribution in [1.82, 2.24) is 10.2 Å². The minimum Gasteiger partial charge on any atom is -0.483 e. The number of benzene rings is 2. The summed E-state index contributed by atoms with van der Waals surface area (Å²) >= 11 is 7.26. The van der Waals surface area contributed by atoms with E-state index in [1.165, 1.54) is 11.3 Å². The summed E-state index contributed by atoms with van der Waals surface area (Å²) in [5.41, 5.74) is 3.24. The van der Waals surface area contributed by atoms with E-state index in [0.29, 0.717) is 16.6 Å². The lowest BCUT2D eigenvalue weighted by Gasteiger charge is -2.23. The Balaban J connectivity index is 1.58. The van der Waals surface area contributed by atoms with Gasteiger partial charge >= 0.3 is 0 Å². The number of halogens is 1. The lowest BCUT2D eigenvalue weighted by Crippen LogP contribution is -2.22. The first-order chi connectivity index (χ1) is 13.7. The molecule has 0 radical (unpaired) electrons. The van der Waals surface area contributed by atoms with Gasteiger partial charge < -0.3 is 4.74 Å². The molecule has 0 aliphatic rings. The normalized spacial score (nSPS) is 11.3. The van der Waals surface area contributed by atoms with Crippen LogP contribution >= 0.6 is 22.9 Å². The van der Waals surface area contributed by atoms with Crippen molar-refractivity contribution in [3.63, 3.8) is 0 Å². The second kappa shape index (κ2) is 8.93. The third-order valence-corrected chi connectivity index (χ3v) is 5.37. The van der Waals surface area contributed by atoms with Crippen molar-refractivity contribution in [2.75, 3.05) is 11.9 Å². The van der Waals surface area contributed by atoms with E-state index in [4.69, 9.17) is 16.3 Å². The standard InChI is InChI=1S/C22H24ClN3O2S/c1-14-5-10-18(17(11-14)22(2,3)4)28-13-19(27)24-21-26-25-20(29-21)12-15-6-8-16(23)9-7-15/h5-11H,12-13H2,1-4H3,(H,24,26,27). The molecule has 2 aromatic carbocycles. The van der Waals surface area contributed by atoms with E-state index >= 15 is 0 Å². The van der Waals surface area contributed by atoms with E-state index in [1.54, 1.807) is 0 Å². The Labute approximate surface area is 180 Å².